The Hall–Kier alpha value is -2.47. The summed E-state index contributed by atoms with van der Waals surface area (Å²) in [6.07, 6.45) is 0.109. The molecule has 0 aliphatic carbocycles. The van der Waals surface area contributed by atoms with E-state index >= 15 is 0 Å². The summed E-state index contributed by atoms with van der Waals surface area (Å²) in [7, 11) is 0. The molecule has 2 aromatic carbocycles. The fraction of sp³-hybridized carbons (Fsp3) is 0.176. The second-order valence-corrected chi connectivity index (χ2v) is 5.97. The van der Waals surface area contributed by atoms with Gasteiger partial charge in [-0.15, -0.1) is 0 Å². The van der Waals surface area contributed by atoms with Crippen LogP contribution in [0.15, 0.2) is 42.5 Å². The minimum atomic E-state index is -0.348. The number of aromatic nitrogens is 1. The van der Waals surface area contributed by atoms with Crippen LogP contribution in [-0.4, -0.2) is 17.5 Å². The summed E-state index contributed by atoms with van der Waals surface area (Å²) in [5.74, 6) is 0.208. The number of carbonyl (C=O) groups is 1. The molecule has 3 aromatic rings. The lowest BCUT2D eigenvalue weighted by atomic mass is 10.1. The van der Waals surface area contributed by atoms with Crippen molar-refractivity contribution in [1.82, 2.24) is 4.98 Å². The summed E-state index contributed by atoms with van der Waals surface area (Å²) in [6, 6.07) is 11.6. The Morgan fingerprint density at radius 1 is 1.30 bits per heavy atom. The van der Waals surface area contributed by atoms with Gasteiger partial charge in [-0.05, 0) is 42.8 Å². The number of halogens is 1. The van der Waals surface area contributed by atoms with E-state index in [-0.39, 0.29) is 18.1 Å². The smallest absolute Gasteiger partial charge is 0.230 e. The molecule has 0 saturated heterocycles. The SMILES string of the molecule is CCOc1ccc2nc(NC(=O)Cc3cccc(F)c3)sc2c1. The van der Waals surface area contributed by atoms with Crippen LogP contribution >= 0.6 is 11.3 Å². The van der Waals surface area contributed by atoms with Crippen molar-refractivity contribution in [1.29, 1.82) is 0 Å². The number of nitrogens with zero attached hydrogens (tertiary/aromatic N) is 1. The Morgan fingerprint density at radius 2 is 2.17 bits per heavy atom. The van der Waals surface area contributed by atoms with Crippen LogP contribution in [0.1, 0.15) is 12.5 Å². The molecule has 0 atom stereocenters. The first-order chi connectivity index (χ1) is 11.1. The molecule has 3 rings (SSSR count). The first kappa shape index (κ1) is 15.4. The summed E-state index contributed by atoms with van der Waals surface area (Å²) >= 11 is 1.38. The molecule has 0 unspecified atom stereocenters. The summed E-state index contributed by atoms with van der Waals surface area (Å²) < 4.78 is 19.5. The molecule has 118 valence electrons. The molecule has 0 bridgehead atoms. The fourth-order valence-electron chi connectivity index (χ4n) is 2.21. The zero-order valence-corrected chi connectivity index (χ0v) is 13.3. The number of benzene rings is 2. The Bertz CT molecular complexity index is 847. The lowest BCUT2D eigenvalue weighted by molar-refractivity contribution is -0.115. The van der Waals surface area contributed by atoms with Crippen molar-refractivity contribution in [2.24, 2.45) is 0 Å². The van der Waals surface area contributed by atoms with E-state index in [4.69, 9.17) is 4.74 Å². The van der Waals surface area contributed by atoms with Crippen LogP contribution < -0.4 is 10.1 Å². The van der Waals surface area contributed by atoms with Crippen LogP contribution in [0.3, 0.4) is 0 Å². The zero-order chi connectivity index (χ0) is 16.2. The van der Waals surface area contributed by atoms with E-state index in [1.165, 1.54) is 23.5 Å². The number of hydrogen-bond acceptors (Lipinski definition) is 4. The van der Waals surface area contributed by atoms with Gasteiger partial charge in [-0.2, -0.15) is 0 Å². The minimum Gasteiger partial charge on any atom is -0.494 e. The standard InChI is InChI=1S/C17H15FN2O2S/c1-2-22-13-6-7-14-15(10-13)23-17(19-14)20-16(21)9-11-4-3-5-12(18)8-11/h3-8,10H,2,9H2,1H3,(H,19,20,21). The van der Waals surface area contributed by atoms with Gasteiger partial charge in [0.25, 0.3) is 0 Å². The molecule has 0 spiro atoms. The van der Waals surface area contributed by atoms with E-state index in [1.54, 1.807) is 12.1 Å². The predicted molar refractivity (Wildman–Crippen MR) is 89.5 cm³/mol. The fourth-order valence-corrected chi connectivity index (χ4v) is 3.12. The Labute approximate surface area is 136 Å². The van der Waals surface area contributed by atoms with Gasteiger partial charge in [0.2, 0.25) is 5.91 Å². The molecule has 0 aliphatic rings. The molecule has 0 fully saturated rings. The number of nitrogens with one attached hydrogen (secondary N) is 1. The van der Waals surface area contributed by atoms with E-state index in [0.717, 1.165) is 16.0 Å². The van der Waals surface area contributed by atoms with E-state index in [1.807, 2.05) is 25.1 Å². The average molecular weight is 330 g/mol. The van der Waals surface area contributed by atoms with Crippen LogP contribution in [0, 0.1) is 5.82 Å². The highest BCUT2D eigenvalue weighted by Gasteiger charge is 2.10. The number of ether oxygens (including phenoxy) is 1. The molecule has 23 heavy (non-hydrogen) atoms. The highest BCUT2D eigenvalue weighted by molar-refractivity contribution is 7.22. The summed E-state index contributed by atoms with van der Waals surface area (Å²) in [6.45, 7) is 2.52. The third kappa shape index (κ3) is 3.84. The van der Waals surface area contributed by atoms with E-state index in [2.05, 4.69) is 10.3 Å². The Balaban J connectivity index is 1.72. The zero-order valence-electron chi connectivity index (χ0n) is 12.5. The van der Waals surface area contributed by atoms with Gasteiger partial charge in [-0.25, -0.2) is 9.37 Å². The van der Waals surface area contributed by atoms with Crippen molar-refractivity contribution in [3.8, 4) is 5.75 Å². The molecule has 1 aromatic heterocycles. The van der Waals surface area contributed by atoms with Gasteiger partial charge in [0, 0.05) is 0 Å². The number of rotatable bonds is 5. The maximum Gasteiger partial charge on any atom is 0.230 e. The molecule has 1 amide bonds. The maximum absolute atomic E-state index is 13.1. The molecule has 0 aliphatic heterocycles. The predicted octanol–water partition coefficient (Wildman–Crippen LogP) is 4.02. The number of thiazole rings is 1. The number of fused-ring (bicyclic) bond motifs is 1. The monoisotopic (exact) mass is 330 g/mol. The first-order valence-electron chi connectivity index (χ1n) is 7.21. The maximum atomic E-state index is 13.1. The summed E-state index contributed by atoms with van der Waals surface area (Å²) in [5, 5.41) is 3.28. The Kier molecular flexibility index (Phi) is 4.52. The third-order valence-electron chi connectivity index (χ3n) is 3.17. The number of amides is 1. The van der Waals surface area contributed by atoms with Crippen molar-refractivity contribution in [3.05, 3.63) is 53.8 Å². The van der Waals surface area contributed by atoms with Crippen molar-refractivity contribution in [2.45, 2.75) is 13.3 Å². The Morgan fingerprint density at radius 3 is 2.96 bits per heavy atom. The molecular formula is C17H15FN2O2S. The van der Waals surface area contributed by atoms with Gasteiger partial charge in [0.1, 0.15) is 11.6 Å². The highest BCUT2D eigenvalue weighted by Crippen LogP contribution is 2.29. The molecule has 4 nitrogen and oxygen atoms in total. The van der Waals surface area contributed by atoms with Crippen molar-refractivity contribution in [3.63, 3.8) is 0 Å². The topological polar surface area (TPSA) is 51.2 Å². The molecule has 6 heteroatoms. The van der Waals surface area contributed by atoms with Gasteiger partial charge in [-0.1, -0.05) is 23.5 Å². The molecular weight excluding hydrogens is 315 g/mol. The van der Waals surface area contributed by atoms with Crippen LogP contribution in [0.2, 0.25) is 0 Å². The molecule has 0 radical (unpaired) electrons. The van der Waals surface area contributed by atoms with Crippen molar-refractivity contribution < 1.29 is 13.9 Å². The summed E-state index contributed by atoms with van der Waals surface area (Å²) in [5.41, 5.74) is 1.43. The molecule has 0 saturated carbocycles. The van der Waals surface area contributed by atoms with Crippen molar-refractivity contribution >= 4 is 32.6 Å². The largest absolute Gasteiger partial charge is 0.494 e. The second-order valence-electron chi connectivity index (χ2n) is 4.94. The molecule has 1 heterocycles. The van der Waals surface area contributed by atoms with Gasteiger partial charge >= 0.3 is 0 Å². The summed E-state index contributed by atoms with van der Waals surface area (Å²) in [4.78, 5) is 16.4. The quantitative estimate of drug-likeness (QED) is 0.769. The third-order valence-corrected chi connectivity index (χ3v) is 4.10. The lowest BCUT2D eigenvalue weighted by Gasteiger charge is -2.01. The van der Waals surface area contributed by atoms with Gasteiger partial charge < -0.3 is 10.1 Å². The van der Waals surface area contributed by atoms with Crippen molar-refractivity contribution in [2.75, 3.05) is 11.9 Å². The van der Waals surface area contributed by atoms with Crippen LogP contribution in [-0.2, 0) is 11.2 Å². The minimum absolute atomic E-state index is 0.109. The van der Waals surface area contributed by atoms with Crippen LogP contribution in [0.5, 0.6) is 5.75 Å². The van der Waals surface area contributed by atoms with E-state index in [9.17, 15) is 9.18 Å². The van der Waals surface area contributed by atoms with Crippen LogP contribution in [0.25, 0.3) is 10.2 Å². The number of hydrogen-bond donors (Lipinski definition) is 1. The number of anilines is 1. The second kappa shape index (κ2) is 6.75. The average Bonchev–Trinajstić information content (AvgIpc) is 2.88. The van der Waals surface area contributed by atoms with Gasteiger partial charge in [0.05, 0.1) is 23.2 Å². The lowest BCUT2D eigenvalue weighted by Crippen LogP contribution is -2.14. The van der Waals surface area contributed by atoms with Crippen LogP contribution in [0.4, 0.5) is 9.52 Å². The van der Waals surface area contributed by atoms with Gasteiger partial charge in [-0.3, -0.25) is 4.79 Å². The normalized spacial score (nSPS) is 10.7. The van der Waals surface area contributed by atoms with E-state index < -0.39 is 0 Å². The number of carbonyl (C=O) groups excluding carboxylic acids is 1. The highest BCUT2D eigenvalue weighted by atomic mass is 32.1. The van der Waals surface area contributed by atoms with Gasteiger partial charge in [0.15, 0.2) is 5.13 Å². The first-order valence-corrected chi connectivity index (χ1v) is 8.03. The molecule has 1 N–H and O–H groups in total. The van der Waals surface area contributed by atoms with E-state index in [0.29, 0.717) is 17.3 Å².